The van der Waals surface area contributed by atoms with Gasteiger partial charge < -0.3 is 19.5 Å². The van der Waals surface area contributed by atoms with Crippen molar-refractivity contribution in [2.75, 3.05) is 26.4 Å². The van der Waals surface area contributed by atoms with Crippen LogP contribution in [0.15, 0.2) is 48.8 Å². The van der Waals surface area contributed by atoms with E-state index >= 15 is 0 Å². The van der Waals surface area contributed by atoms with Crippen LogP contribution in [0.3, 0.4) is 0 Å². The molecule has 0 unspecified atom stereocenters. The van der Waals surface area contributed by atoms with E-state index in [2.05, 4.69) is 10.3 Å². The summed E-state index contributed by atoms with van der Waals surface area (Å²) in [5, 5.41) is 3.02. The van der Waals surface area contributed by atoms with Crippen molar-refractivity contribution < 1.29 is 19.0 Å². The fourth-order valence-electron chi connectivity index (χ4n) is 2.98. The number of pyridine rings is 1. The minimum Gasteiger partial charge on any atom is -0.494 e. The second kappa shape index (κ2) is 9.20. The van der Waals surface area contributed by atoms with Crippen LogP contribution >= 0.6 is 0 Å². The molecule has 138 valence electrons. The normalized spacial score (nSPS) is 19.1. The van der Waals surface area contributed by atoms with Crippen LogP contribution in [0.5, 0.6) is 11.5 Å². The molecule has 1 saturated heterocycles. The summed E-state index contributed by atoms with van der Waals surface area (Å²) in [4.78, 5) is 16.2. The Kier molecular flexibility index (Phi) is 6.44. The molecule has 0 bridgehead atoms. The lowest BCUT2D eigenvalue weighted by Crippen LogP contribution is -2.42. The highest BCUT2D eigenvalue weighted by Gasteiger charge is 2.29. The second-order valence-corrected chi connectivity index (χ2v) is 6.22. The predicted molar refractivity (Wildman–Crippen MR) is 97.3 cm³/mol. The van der Waals surface area contributed by atoms with Crippen molar-refractivity contribution >= 4 is 5.91 Å². The fourth-order valence-corrected chi connectivity index (χ4v) is 2.98. The number of hydrogen-bond donors (Lipinski definition) is 1. The molecule has 1 aromatic heterocycles. The van der Waals surface area contributed by atoms with E-state index in [4.69, 9.17) is 14.2 Å². The summed E-state index contributed by atoms with van der Waals surface area (Å²) in [5.41, 5.74) is 1.19. The average molecular weight is 356 g/mol. The molecule has 2 heterocycles. The van der Waals surface area contributed by atoms with Crippen molar-refractivity contribution in [3.05, 3.63) is 54.4 Å². The predicted octanol–water partition coefficient (Wildman–Crippen LogP) is 2.23. The zero-order valence-electron chi connectivity index (χ0n) is 14.9. The molecule has 3 rings (SSSR count). The number of rotatable bonds is 8. The first kappa shape index (κ1) is 18.2. The lowest BCUT2D eigenvalue weighted by atomic mass is 9.95. The second-order valence-electron chi connectivity index (χ2n) is 6.22. The maximum atomic E-state index is 12.2. The number of ether oxygens (including phenoxy) is 3. The van der Waals surface area contributed by atoms with Crippen molar-refractivity contribution in [3.8, 4) is 11.5 Å². The van der Waals surface area contributed by atoms with Gasteiger partial charge in [0.1, 0.15) is 11.5 Å². The first-order chi connectivity index (χ1) is 12.7. The van der Waals surface area contributed by atoms with Gasteiger partial charge in [-0.15, -0.1) is 0 Å². The van der Waals surface area contributed by atoms with Crippen LogP contribution in [0.4, 0.5) is 0 Å². The van der Waals surface area contributed by atoms with E-state index in [1.807, 2.05) is 31.2 Å². The Hall–Kier alpha value is -2.60. The molecule has 0 saturated carbocycles. The lowest BCUT2D eigenvalue weighted by Gasteiger charge is -2.19. The molecular formula is C20H24N2O4. The van der Waals surface area contributed by atoms with Crippen molar-refractivity contribution in [1.29, 1.82) is 0 Å². The van der Waals surface area contributed by atoms with E-state index in [9.17, 15) is 4.79 Å². The summed E-state index contributed by atoms with van der Waals surface area (Å²) in [6.07, 6.45) is 4.42. The Morgan fingerprint density at radius 3 is 2.50 bits per heavy atom. The Morgan fingerprint density at radius 1 is 1.12 bits per heavy atom. The molecule has 1 N–H and O–H groups in total. The summed E-state index contributed by atoms with van der Waals surface area (Å²) >= 11 is 0. The summed E-state index contributed by atoms with van der Waals surface area (Å²) in [6.45, 7) is 3.71. The van der Waals surface area contributed by atoms with Gasteiger partial charge >= 0.3 is 0 Å². The summed E-state index contributed by atoms with van der Waals surface area (Å²) in [6, 6.07) is 11.2. The minimum atomic E-state index is -0.144. The molecule has 1 aliphatic rings. The van der Waals surface area contributed by atoms with Crippen molar-refractivity contribution in [3.63, 3.8) is 0 Å². The van der Waals surface area contributed by atoms with E-state index in [-0.39, 0.29) is 24.5 Å². The first-order valence-electron chi connectivity index (χ1n) is 8.86. The SMILES string of the molecule is CCOc1ccc(OCC(=O)N[C@H]2COC[C@H]2Cc2ccncc2)cc1. The van der Waals surface area contributed by atoms with Gasteiger partial charge in [0, 0.05) is 18.3 Å². The molecule has 26 heavy (non-hydrogen) atoms. The summed E-state index contributed by atoms with van der Waals surface area (Å²) in [7, 11) is 0. The molecule has 1 aromatic carbocycles. The molecule has 6 heteroatoms. The Balaban J connectivity index is 1.46. The Bertz CT molecular complexity index is 691. The number of carbonyl (C=O) groups is 1. The molecular weight excluding hydrogens is 332 g/mol. The third-order valence-electron chi connectivity index (χ3n) is 4.30. The van der Waals surface area contributed by atoms with Crippen LogP contribution in [0.2, 0.25) is 0 Å². The van der Waals surface area contributed by atoms with Gasteiger partial charge in [-0.2, -0.15) is 0 Å². The molecule has 0 radical (unpaired) electrons. The zero-order chi connectivity index (χ0) is 18.2. The van der Waals surface area contributed by atoms with E-state index in [0.717, 1.165) is 12.2 Å². The van der Waals surface area contributed by atoms with E-state index in [1.54, 1.807) is 24.5 Å². The Labute approximate surface area is 153 Å². The summed E-state index contributed by atoms with van der Waals surface area (Å²) < 4.78 is 16.5. The highest BCUT2D eigenvalue weighted by molar-refractivity contribution is 5.78. The third-order valence-corrected chi connectivity index (χ3v) is 4.30. The van der Waals surface area contributed by atoms with Crippen molar-refractivity contribution in [2.24, 2.45) is 5.92 Å². The van der Waals surface area contributed by atoms with Crippen molar-refractivity contribution in [1.82, 2.24) is 10.3 Å². The number of amides is 1. The number of hydrogen-bond acceptors (Lipinski definition) is 5. The standard InChI is InChI=1S/C20H24N2O4/c1-2-25-17-3-5-18(6-4-17)26-14-20(23)22-19-13-24-12-16(19)11-15-7-9-21-10-8-15/h3-10,16,19H,2,11-14H2,1H3,(H,22,23)/t16-,19+/m1/s1. The largest absolute Gasteiger partial charge is 0.494 e. The van der Waals surface area contributed by atoms with Gasteiger partial charge in [-0.3, -0.25) is 9.78 Å². The lowest BCUT2D eigenvalue weighted by molar-refractivity contribution is -0.124. The van der Waals surface area contributed by atoms with Crippen LogP contribution in [-0.4, -0.2) is 43.4 Å². The monoisotopic (exact) mass is 356 g/mol. The molecule has 1 aliphatic heterocycles. The van der Waals surface area contributed by atoms with Crippen LogP contribution < -0.4 is 14.8 Å². The highest BCUT2D eigenvalue weighted by Crippen LogP contribution is 2.20. The zero-order valence-corrected chi connectivity index (χ0v) is 14.9. The fraction of sp³-hybridized carbons (Fsp3) is 0.400. The number of carbonyl (C=O) groups excluding carboxylic acids is 1. The minimum absolute atomic E-state index is 0.000375. The van der Waals surface area contributed by atoms with Crippen LogP contribution in [0.25, 0.3) is 0 Å². The number of nitrogens with zero attached hydrogens (tertiary/aromatic N) is 1. The highest BCUT2D eigenvalue weighted by atomic mass is 16.5. The maximum Gasteiger partial charge on any atom is 0.258 e. The van der Waals surface area contributed by atoms with Gasteiger partial charge in [-0.05, 0) is 55.3 Å². The topological polar surface area (TPSA) is 69.7 Å². The number of aromatic nitrogens is 1. The third kappa shape index (κ3) is 5.20. The number of nitrogens with one attached hydrogen (secondary N) is 1. The van der Waals surface area contributed by atoms with Gasteiger partial charge in [0.2, 0.25) is 0 Å². The molecule has 2 aromatic rings. The Morgan fingerprint density at radius 2 is 1.81 bits per heavy atom. The van der Waals surface area contributed by atoms with Gasteiger partial charge in [-0.25, -0.2) is 0 Å². The molecule has 1 fully saturated rings. The molecule has 6 nitrogen and oxygen atoms in total. The quantitative estimate of drug-likeness (QED) is 0.785. The van der Waals surface area contributed by atoms with Crippen LogP contribution in [0, 0.1) is 5.92 Å². The van der Waals surface area contributed by atoms with Gasteiger partial charge in [0.15, 0.2) is 6.61 Å². The molecule has 1 amide bonds. The molecule has 2 atom stereocenters. The van der Waals surface area contributed by atoms with E-state index < -0.39 is 0 Å². The van der Waals surface area contributed by atoms with Gasteiger partial charge in [0.25, 0.3) is 5.91 Å². The molecule has 0 aliphatic carbocycles. The summed E-state index contributed by atoms with van der Waals surface area (Å²) in [5.74, 6) is 1.53. The van der Waals surface area contributed by atoms with Gasteiger partial charge in [-0.1, -0.05) is 0 Å². The van der Waals surface area contributed by atoms with Crippen molar-refractivity contribution in [2.45, 2.75) is 19.4 Å². The smallest absolute Gasteiger partial charge is 0.258 e. The van der Waals surface area contributed by atoms with E-state index in [1.165, 1.54) is 5.56 Å². The van der Waals surface area contributed by atoms with Crippen LogP contribution in [0.1, 0.15) is 12.5 Å². The average Bonchev–Trinajstić information content (AvgIpc) is 3.09. The van der Waals surface area contributed by atoms with Crippen LogP contribution in [-0.2, 0) is 16.0 Å². The first-order valence-corrected chi connectivity index (χ1v) is 8.86. The molecule has 0 spiro atoms. The van der Waals surface area contributed by atoms with Gasteiger partial charge in [0.05, 0.1) is 25.9 Å². The maximum absolute atomic E-state index is 12.2. The van der Waals surface area contributed by atoms with E-state index in [0.29, 0.717) is 25.6 Å². The number of benzene rings is 1.